The molecule has 22 heavy (non-hydrogen) atoms. The number of carbonyl (C=O) groups is 1. The number of para-hydroxylation sites is 1. The average molecular weight is 302 g/mol. The molecule has 2 amide bonds. The second-order valence-corrected chi connectivity index (χ2v) is 5.67. The highest BCUT2D eigenvalue weighted by atomic mass is 16.5. The Hall–Kier alpha value is -2.17. The Morgan fingerprint density at radius 1 is 1.05 bits per heavy atom. The predicted molar refractivity (Wildman–Crippen MR) is 85.6 cm³/mol. The first-order valence-electron chi connectivity index (χ1n) is 7.69. The molecule has 1 N–H and O–H groups in total. The van der Waals surface area contributed by atoms with Crippen LogP contribution >= 0.6 is 0 Å². The van der Waals surface area contributed by atoms with E-state index in [4.69, 9.17) is 9.47 Å². The van der Waals surface area contributed by atoms with E-state index in [1.165, 1.54) is 12.8 Å². The topological polar surface area (TPSA) is 50.8 Å². The molecule has 1 saturated heterocycles. The zero-order chi connectivity index (χ0) is 15.5. The summed E-state index contributed by atoms with van der Waals surface area (Å²) >= 11 is 0. The van der Waals surface area contributed by atoms with E-state index in [9.17, 15) is 4.79 Å². The first-order valence-corrected chi connectivity index (χ1v) is 7.69. The summed E-state index contributed by atoms with van der Waals surface area (Å²) in [5.41, 5.74) is 3.83. The first kappa shape index (κ1) is 14.8. The molecule has 2 fully saturated rings. The standard InChI is InChI=1S/C17H22N2O3/c1-21-15-5-3-4-14(16(15)22-2)18-17(20)19-10-8-13(9-11-19)12-6-7-12/h3-5H,6-11H2,1-2H3,(H,18,20). The molecule has 0 atom stereocenters. The van der Waals surface area contributed by atoms with E-state index in [1.807, 2.05) is 23.1 Å². The quantitative estimate of drug-likeness (QED) is 0.870. The molecule has 0 radical (unpaired) electrons. The number of ether oxygens (including phenoxy) is 2. The van der Waals surface area contributed by atoms with Crippen LogP contribution in [0.4, 0.5) is 10.5 Å². The van der Waals surface area contributed by atoms with Crippen molar-refractivity contribution in [1.82, 2.24) is 4.90 Å². The van der Waals surface area contributed by atoms with Crippen LogP contribution in [0, 0.1) is 0 Å². The van der Waals surface area contributed by atoms with Gasteiger partial charge in [0.15, 0.2) is 11.5 Å². The van der Waals surface area contributed by atoms with Crippen LogP contribution in [0.15, 0.2) is 29.3 Å². The Bertz CT molecular complexity index is 594. The number of benzene rings is 1. The molecule has 5 nitrogen and oxygen atoms in total. The minimum absolute atomic E-state index is 0.0774. The van der Waals surface area contributed by atoms with E-state index in [-0.39, 0.29) is 6.03 Å². The highest BCUT2D eigenvalue weighted by Gasteiger charge is 2.25. The summed E-state index contributed by atoms with van der Waals surface area (Å²) in [5, 5.41) is 2.93. The van der Waals surface area contributed by atoms with Crippen molar-refractivity contribution in [2.45, 2.75) is 25.7 Å². The Morgan fingerprint density at radius 3 is 2.32 bits per heavy atom. The monoisotopic (exact) mass is 302 g/mol. The molecule has 0 unspecified atom stereocenters. The number of hydrogen-bond acceptors (Lipinski definition) is 3. The normalized spacial score (nSPS) is 17.3. The molecule has 3 rings (SSSR count). The van der Waals surface area contributed by atoms with Crippen molar-refractivity contribution < 1.29 is 14.3 Å². The Balaban J connectivity index is 1.66. The van der Waals surface area contributed by atoms with E-state index < -0.39 is 0 Å². The van der Waals surface area contributed by atoms with Crippen LogP contribution in [0.25, 0.3) is 0 Å². The lowest BCUT2D eigenvalue weighted by atomic mass is 10.0. The van der Waals surface area contributed by atoms with Gasteiger partial charge >= 0.3 is 6.03 Å². The number of piperidine rings is 1. The summed E-state index contributed by atoms with van der Waals surface area (Å²) in [6, 6.07) is 5.39. The molecule has 118 valence electrons. The van der Waals surface area contributed by atoms with Gasteiger partial charge in [-0.2, -0.15) is 0 Å². The molecule has 0 bridgehead atoms. The Morgan fingerprint density at radius 2 is 1.73 bits per heavy atom. The van der Waals surface area contributed by atoms with Gasteiger partial charge in [-0.1, -0.05) is 17.2 Å². The molecular weight excluding hydrogens is 280 g/mol. The van der Waals surface area contributed by atoms with Crippen molar-refractivity contribution >= 4 is 11.7 Å². The summed E-state index contributed by atoms with van der Waals surface area (Å²) in [6.07, 6.45) is 4.56. The number of methoxy groups -OCH3 is 2. The van der Waals surface area contributed by atoms with Gasteiger partial charge in [0.05, 0.1) is 19.9 Å². The van der Waals surface area contributed by atoms with Gasteiger partial charge in [-0.25, -0.2) is 4.79 Å². The van der Waals surface area contributed by atoms with Gasteiger partial charge in [-0.3, -0.25) is 0 Å². The summed E-state index contributed by atoms with van der Waals surface area (Å²) in [6.45, 7) is 1.58. The van der Waals surface area contributed by atoms with Crippen molar-refractivity contribution in [3.05, 3.63) is 29.3 Å². The lowest BCUT2D eigenvalue weighted by molar-refractivity contribution is 0.207. The maximum atomic E-state index is 12.4. The van der Waals surface area contributed by atoms with Crippen molar-refractivity contribution in [2.24, 2.45) is 0 Å². The van der Waals surface area contributed by atoms with Gasteiger partial charge in [-0.15, -0.1) is 0 Å². The third-order valence-electron chi connectivity index (χ3n) is 4.30. The molecule has 0 spiro atoms. The summed E-state index contributed by atoms with van der Waals surface area (Å²) in [4.78, 5) is 14.3. The van der Waals surface area contributed by atoms with Gasteiger partial charge in [0.2, 0.25) is 0 Å². The van der Waals surface area contributed by atoms with E-state index >= 15 is 0 Å². The fourth-order valence-electron chi connectivity index (χ4n) is 2.93. The third kappa shape index (κ3) is 3.03. The molecule has 1 saturated carbocycles. The molecule has 1 aliphatic carbocycles. The summed E-state index contributed by atoms with van der Waals surface area (Å²) in [7, 11) is 3.16. The predicted octanol–water partition coefficient (Wildman–Crippen LogP) is 3.42. The fourth-order valence-corrected chi connectivity index (χ4v) is 2.93. The SMILES string of the molecule is COc1cccc(NC(=O)N2CCC(=C3CC3)CC2)c1OC. The van der Waals surface area contributed by atoms with Gasteiger partial charge in [0.1, 0.15) is 0 Å². The Labute approximate surface area is 130 Å². The Kier molecular flexibility index (Phi) is 4.22. The van der Waals surface area contributed by atoms with Gasteiger partial charge in [0, 0.05) is 13.1 Å². The minimum atomic E-state index is -0.0774. The minimum Gasteiger partial charge on any atom is -0.493 e. The molecule has 1 aromatic rings. The molecule has 1 aromatic carbocycles. The number of amides is 2. The zero-order valence-corrected chi connectivity index (χ0v) is 13.1. The molecule has 1 aliphatic heterocycles. The van der Waals surface area contributed by atoms with Gasteiger partial charge in [-0.05, 0) is 37.8 Å². The second kappa shape index (κ2) is 6.30. The maximum Gasteiger partial charge on any atom is 0.321 e. The number of rotatable bonds is 3. The first-order chi connectivity index (χ1) is 10.7. The summed E-state index contributed by atoms with van der Waals surface area (Å²) < 4.78 is 10.6. The van der Waals surface area contributed by atoms with Crippen LogP contribution in [0.3, 0.4) is 0 Å². The van der Waals surface area contributed by atoms with E-state index in [1.54, 1.807) is 25.4 Å². The van der Waals surface area contributed by atoms with Crippen LogP contribution in [-0.2, 0) is 0 Å². The van der Waals surface area contributed by atoms with E-state index in [2.05, 4.69) is 5.32 Å². The second-order valence-electron chi connectivity index (χ2n) is 5.67. The number of hydrogen-bond donors (Lipinski definition) is 1. The van der Waals surface area contributed by atoms with Crippen LogP contribution in [-0.4, -0.2) is 38.2 Å². The van der Waals surface area contributed by atoms with Crippen LogP contribution in [0.5, 0.6) is 11.5 Å². The van der Waals surface area contributed by atoms with Crippen LogP contribution < -0.4 is 14.8 Å². The highest BCUT2D eigenvalue weighted by Crippen LogP contribution is 2.37. The number of allylic oxidation sites excluding steroid dienone is 1. The summed E-state index contributed by atoms with van der Waals surface area (Å²) in [5.74, 6) is 1.16. The molecule has 5 heteroatoms. The van der Waals surface area contributed by atoms with Gasteiger partial charge in [0.25, 0.3) is 0 Å². The molecule has 2 aliphatic rings. The number of nitrogens with one attached hydrogen (secondary N) is 1. The fraction of sp³-hybridized carbons (Fsp3) is 0.471. The number of urea groups is 1. The smallest absolute Gasteiger partial charge is 0.321 e. The van der Waals surface area contributed by atoms with Crippen molar-refractivity contribution in [2.75, 3.05) is 32.6 Å². The number of likely N-dealkylation sites (tertiary alicyclic amines) is 1. The van der Waals surface area contributed by atoms with E-state index in [0.29, 0.717) is 17.2 Å². The van der Waals surface area contributed by atoms with Crippen molar-refractivity contribution in [3.63, 3.8) is 0 Å². The lowest BCUT2D eigenvalue weighted by Gasteiger charge is -2.29. The highest BCUT2D eigenvalue weighted by molar-refractivity contribution is 5.91. The number of nitrogens with zero attached hydrogens (tertiary/aromatic N) is 1. The number of anilines is 1. The van der Waals surface area contributed by atoms with E-state index in [0.717, 1.165) is 25.9 Å². The van der Waals surface area contributed by atoms with Crippen molar-refractivity contribution in [1.29, 1.82) is 0 Å². The molecule has 0 aromatic heterocycles. The molecule has 1 heterocycles. The maximum absolute atomic E-state index is 12.4. The van der Waals surface area contributed by atoms with Crippen molar-refractivity contribution in [3.8, 4) is 11.5 Å². The average Bonchev–Trinajstić information content (AvgIpc) is 3.39. The molecular formula is C17H22N2O3. The lowest BCUT2D eigenvalue weighted by Crippen LogP contribution is -2.39. The zero-order valence-electron chi connectivity index (χ0n) is 13.1. The van der Waals surface area contributed by atoms with Gasteiger partial charge < -0.3 is 19.7 Å². The van der Waals surface area contributed by atoms with Crippen LogP contribution in [0.2, 0.25) is 0 Å². The third-order valence-corrected chi connectivity index (χ3v) is 4.30. The largest absolute Gasteiger partial charge is 0.493 e. The van der Waals surface area contributed by atoms with Crippen LogP contribution in [0.1, 0.15) is 25.7 Å². The number of carbonyl (C=O) groups excluding carboxylic acids is 1.